The summed E-state index contributed by atoms with van der Waals surface area (Å²) in [5, 5.41) is 19.9. The molecule has 0 radical (unpaired) electrons. The number of aryl methyl sites for hydroxylation is 1. The van der Waals surface area contributed by atoms with Crippen LogP contribution in [0.3, 0.4) is 0 Å². The average Bonchev–Trinajstić information content (AvgIpc) is 3.24. The molecule has 0 aliphatic rings. The summed E-state index contributed by atoms with van der Waals surface area (Å²) in [6.07, 6.45) is 1.62. The van der Waals surface area contributed by atoms with E-state index in [9.17, 15) is 23.9 Å². The van der Waals surface area contributed by atoms with Crippen molar-refractivity contribution in [2.75, 3.05) is 0 Å². The van der Waals surface area contributed by atoms with E-state index in [4.69, 9.17) is 0 Å². The largest absolute Gasteiger partial charge is 0.477 e. The molecule has 5 nitrogen and oxygen atoms in total. The smallest absolute Gasteiger partial charge is 0.347 e. The Morgan fingerprint density at radius 2 is 2.07 bits per heavy atom. The molecule has 4 aromatic rings. The van der Waals surface area contributed by atoms with E-state index in [1.165, 1.54) is 12.1 Å². The predicted molar refractivity (Wildman–Crippen MR) is 105 cm³/mol. The Balaban J connectivity index is 1.79. The maximum Gasteiger partial charge on any atom is 0.347 e. The number of benzene rings is 2. The van der Waals surface area contributed by atoms with Crippen molar-refractivity contribution >= 4 is 28.2 Å². The first-order valence-corrected chi connectivity index (χ1v) is 9.37. The quantitative estimate of drug-likeness (QED) is 0.516. The van der Waals surface area contributed by atoms with Crippen molar-refractivity contribution in [2.24, 2.45) is 0 Å². The first kappa shape index (κ1) is 18.8. The number of carbonyl (C=O) groups is 1. The van der Waals surface area contributed by atoms with Crippen LogP contribution < -0.4 is 0 Å². The van der Waals surface area contributed by atoms with Gasteiger partial charge in [0.25, 0.3) is 0 Å². The Bertz CT molecular complexity index is 1320. The number of thiazole rings is 1. The number of carboxylic acids is 1. The number of rotatable bonds is 4. The highest BCUT2D eigenvalue weighted by molar-refractivity contribution is 7.17. The van der Waals surface area contributed by atoms with Crippen LogP contribution >= 0.6 is 11.3 Å². The van der Waals surface area contributed by atoms with Gasteiger partial charge < -0.3 is 9.67 Å². The van der Waals surface area contributed by atoms with Gasteiger partial charge in [0.05, 0.1) is 17.8 Å². The van der Waals surface area contributed by atoms with E-state index in [0.29, 0.717) is 38.3 Å². The van der Waals surface area contributed by atoms with Crippen LogP contribution in [0.4, 0.5) is 8.78 Å². The summed E-state index contributed by atoms with van der Waals surface area (Å²) in [7, 11) is 0. The van der Waals surface area contributed by atoms with E-state index < -0.39 is 17.6 Å². The van der Waals surface area contributed by atoms with Gasteiger partial charge in [0.1, 0.15) is 27.6 Å². The summed E-state index contributed by atoms with van der Waals surface area (Å²) < 4.78 is 28.9. The molecule has 1 N–H and O–H groups in total. The maximum absolute atomic E-state index is 14.0. The third-order valence-electron chi connectivity index (χ3n) is 4.60. The lowest BCUT2D eigenvalue weighted by Gasteiger charge is -2.07. The van der Waals surface area contributed by atoms with Gasteiger partial charge >= 0.3 is 5.97 Å². The number of hydrogen-bond donors (Lipinski definition) is 1. The minimum Gasteiger partial charge on any atom is -0.477 e. The van der Waals surface area contributed by atoms with Crippen LogP contribution in [-0.2, 0) is 6.54 Å². The highest BCUT2D eigenvalue weighted by Gasteiger charge is 2.17. The van der Waals surface area contributed by atoms with Crippen molar-refractivity contribution < 1.29 is 18.7 Å². The summed E-state index contributed by atoms with van der Waals surface area (Å²) in [4.78, 5) is 15.8. The van der Waals surface area contributed by atoms with Crippen LogP contribution in [0.1, 0.15) is 26.5 Å². The van der Waals surface area contributed by atoms with Crippen LogP contribution in [0, 0.1) is 29.9 Å². The molecule has 0 atom stereocenters. The molecule has 2 aromatic carbocycles. The fraction of sp³-hybridized carbons (Fsp3) is 0.0952. The lowest BCUT2D eigenvalue weighted by molar-refractivity contribution is 0.0701. The van der Waals surface area contributed by atoms with Gasteiger partial charge in [-0.15, -0.1) is 11.3 Å². The third kappa shape index (κ3) is 3.37. The summed E-state index contributed by atoms with van der Waals surface area (Å²) in [5.74, 6) is -2.33. The lowest BCUT2D eigenvalue weighted by Crippen LogP contribution is -2.01. The Hall–Kier alpha value is -3.57. The highest BCUT2D eigenvalue weighted by Crippen LogP contribution is 2.32. The standard InChI is InChI=1S/C21H13F2N3O2S/c1-11-19(21(27)28)29-20(25-11)12-3-5-18-16(6-12)14(8-24)10-26(18)9-13-2-4-15(22)7-17(13)23/h2-7,10H,9H2,1H3,(H,27,28). The first-order valence-electron chi connectivity index (χ1n) is 8.55. The molecule has 0 saturated heterocycles. The zero-order chi connectivity index (χ0) is 20.7. The number of hydrogen-bond acceptors (Lipinski definition) is 4. The molecular weight excluding hydrogens is 396 g/mol. The molecule has 2 aromatic heterocycles. The van der Waals surface area contributed by atoms with Crippen molar-refractivity contribution in [3.8, 4) is 16.6 Å². The van der Waals surface area contributed by atoms with Crippen LogP contribution in [-0.4, -0.2) is 20.6 Å². The van der Waals surface area contributed by atoms with Gasteiger partial charge in [0.2, 0.25) is 0 Å². The molecule has 0 fully saturated rings. The Morgan fingerprint density at radius 3 is 2.72 bits per heavy atom. The minimum absolute atomic E-state index is 0.142. The fourth-order valence-electron chi connectivity index (χ4n) is 3.20. The molecule has 4 rings (SSSR count). The van der Waals surface area contributed by atoms with Gasteiger partial charge in [-0.3, -0.25) is 0 Å². The molecule has 0 saturated carbocycles. The van der Waals surface area contributed by atoms with Gasteiger partial charge in [-0.2, -0.15) is 5.26 Å². The summed E-state index contributed by atoms with van der Waals surface area (Å²) >= 11 is 1.07. The Morgan fingerprint density at radius 1 is 1.28 bits per heavy atom. The van der Waals surface area contributed by atoms with Gasteiger partial charge in [-0.1, -0.05) is 6.07 Å². The van der Waals surface area contributed by atoms with Crippen LogP contribution in [0.2, 0.25) is 0 Å². The van der Waals surface area contributed by atoms with Gasteiger partial charge in [-0.25, -0.2) is 18.6 Å². The summed E-state index contributed by atoms with van der Waals surface area (Å²) in [6.45, 7) is 1.78. The number of nitriles is 1. The summed E-state index contributed by atoms with van der Waals surface area (Å²) in [6, 6.07) is 10.9. The average molecular weight is 409 g/mol. The molecule has 0 amide bonds. The van der Waals surface area contributed by atoms with Crippen LogP contribution in [0.5, 0.6) is 0 Å². The molecule has 0 aliphatic heterocycles. The molecular formula is C21H13F2N3O2S. The monoisotopic (exact) mass is 409 g/mol. The van der Waals surface area contributed by atoms with E-state index in [2.05, 4.69) is 11.1 Å². The zero-order valence-electron chi connectivity index (χ0n) is 15.1. The lowest BCUT2D eigenvalue weighted by atomic mass is 10.1. The highest BCUT2D eigenvalue weighted by atomic mass is 32.1. The molecule has 144 valence electrons. The molecule has 0 spiro atoms. The topological polar surface area (TPSA) is 78.9 Å². The van der Waals surface area contributed by atoms with Gasteiger partial charge in [0.15, 0.2) is 0 Å². The normalized spacial score (nSPS) is 11.0. The van der Waals surface area contributed by atoms with Gasteiger partial charge in [-0.05, 0) is 31.2 Å². The Kier molecular flexibility index (Phi) is 4.60. The number of fused-ring (bicyclic) bond motifs is 1. The summed E-state index contributed by atoms with van der Waals surface area (Å²) in [5.41, 5.74) is 2.54. The van der Waals surface area contributed by atoms with Crippen LogP contribution in [0.15, 0.2) is 42.6 Å². The van der Waals surface area contributed by atoms with E-state index in [1.54, 1.807) is 35.9 Å². The Labute approximate surface area is 168 Å². The second-order valence-electron chi connectivity index (χ2n) is 6.49. The molecule has 8 heteroatoms. The number of aromatic nitrogens is 2. The van der Waals surface area contributed by atoms with E-state index in [-0.39, 0.29) is 11.4 Å². The number of nitrogens with zero attached hydrogens (tertiary/aromatic N) is 3. The van der Waals surface area contributed by atoms with Crippen molar-refractivity contribution in [3.05, 3.63) is 75.9 Å². The van der Waals surface area contributed by atoms with E-state index >= 15 is 0 Å². The number of aromatic carboxylic acids is 1. The molecule has 0 aliphatic carbocycles. The molecule has 0 bridgehead atoms. The zero-order valence-corrected chi connectivity index (χ0v) is 15.9. The van der Waals surface area contributed by atoms with Gasteiger partial charge in [0, 0.05) is 34.3 Å². The molecule has 0 unspecified atom stereocenters. The fourth-order valence-corrected chi connectivity index (χ4v) is 4.10. The van der Waals surface area contributed by atoms with Crippen molar-refractivity contribution in [2.45, 2.75) is 13.5 Å². The van der Waals surface area contributed by atoms with Crippen molar-refractivity contribution in [3.63, 3.8) is 0 Å². The van der Waals surface area contributed by atoms with Crippen molar-refractivity contribution in [1.29, 1.82) is 5.26 Å². The predicted octanol–water partition coefficient (Wildman–Crippen LogP) is 4.97. The SMILES string of the molecule is Cc1nc(-c2ccc3c(c2)c(C#N)cn3Cc2ccc(F)cc2F)sc1C(=O)O. The third-order valence-corrected chi connectivity index (χ3v) is 5.79. The second kappa shape index (κ2) is 7.11. The maximum atomic E-state index is 14.0. The number of halogens is 2. The second-order valence-corrected chi connectivity index (χ2v) is 7.49. The molecule has 29 heavy (non-hydrogen) atoms. The van der Waals surface area contributed by atoms with E-state index in [1.807, 2.05) is 0 Å². The number of carboxylic acid groups (broad SMARTS) is 1. The van der Waals surface area contributed by atoms with Crippen molar-refractivity contribution in [1.82, 2.24) is 9.55 Å². The minimum atomic E-state index is -1.03. The van der Waals surface area contributed by atoms with Crippen LogP contribution in [0.25, 0.3) is 21.5 Å². The molecule has 2 heterocycles. The van der Waals surface area contributed by atoms with E-state index in [0.717, 1.165) is 17.4 Å². The first-order chi connectivity index (χ1) is 13.9.